The quantitative estimate of drug-likeness (QED) is 0.723. The van der Waals surface area contributed by atoms with Crippen LogP contribution in [-0.2, 0) is 0 Å². The zero-order valence-corrected chi connectivity index (χ0v) is 13.1. The van der Waals surface area contributed by atoms with Gasteiger partial charge in [0.25, 0.3) is 5.91 Å². The van der Waals surface area contributed by atoms with Crippen molar-refractivity contribution in [3.63, 3.8) is 0 Å². The van der Waals surface area contributed by atoms with Crippen LogP contribution in [0.25, 0.3) is 11.0 Å². The molecule has 1 amide bonds. The molecule has 1 fully saturated rings. The topological polar surface area (TPSA) is 36.7 Å². The molecule has 1 saturated heterocycles. The number of anilines is 1. The number of benzene rings is 2. The minimum atomic E-state index is -0.238. The number of amides is 1. The van der Waals surface area contributed by atoms with Crippen LogP contribution in [0.2, 0.25) is 0 Å². The van der Waals surface area contributed by atoms with Crippen LogP contribution in [0.1, 0.15) is 10.6 Å². The number of halogens is 1. The maximum Gasteiger partial charge on any atom is 0.289 e. The lowest BCUT2D eigenvalue weighted by Crippen LogP contribution is -2.48. The van der Waals surface area contributed by atoms with Gasteiger partial charge in [0.05, 0.1) is 0 Å². The van der Waals surface area contributed by atoms with Crippen molar-refractivity contribution in [2.75, 3.05) is 31.1 Å². The van der Waals surface area contributed by atoms with Gasteiger partial charge >= 0.3 is 0 Å². The highest BCUT2D eigenvalue weighted by atomic mass is 19.1. The first-order valence-corrected chi connectivity index (χ1v) is 7.99. The highest BCUT2D eigenvalue weighted by molar-refractivity contribution is 5.96. The first-order chi connectivity index (χ1) is 11.7. The van der Waals surface area contributed by atoms with E-state index in [1.807, 2.05) is 24.3 Å². The molecule has 1 aliphatic heterocycles. The predicted molar refractivity (Wildman–Crippen MR) is 90.7 cm³/mol. The molecular formula is C19H17FN2O2. The van der Waals surface area contributed by atoms with E-state index in [0.29, 0.717) is 18.8 Å². The number of fused-ring (bicyclic) bond motifs is 1. The van der Waals surface area contributed by atoms with Crippen LogP contribution in [0.3, 0.4) is 0 Å². The first kappa shape index (κ1) is 14.8. The van der Waals surface area contributed by atoms with Crippen molar-refractivity contribution in [1.29, 1.82) is 0 Å². The van der Waals surface area contributed by atoms with E-state index >= 15 is 0 Å². The molecular weight excluding hydrogens is 307 g/mol. The van der Waals surface area contributed by atoms with Gasteiger partial charge < -0.3 is 14.2 Å². The molecule has 4 nitrogen and oxygen atoms in total. The summed E-state index contributed by atoms with van der Waals surface area (Å²) in [6.45, 7) is 2.68. The van der Waals surface area contributed by atoms with Crippen molar-refractivity contribution in [3.8, 4) is 0 Å². The predicted octanol–water partition coefficient (Wildman–Crippen LogP) is 3.53. The highest BCUT2D eigenvalue weighted by Gasteiger charge is 2.24. The smallest absolute Gasteiger partial charge is 0.289 e. The zero-order chi connectivity index (χ0) is 16.5. The maximum absolute atomic E-state index is 13.0. The average Bonchev–Trinajstić information content (AvgIpc) is 3.06. The van der Waals surface area contributed by atoms with E-state index in [1.165, 1.54) is 12.1 Å². The monoisotopic (exact) mass is 324 g/mol. The Morgan fingerprint density at radius 3 is 2.38 bits per heavy atom. The molecule has 0 unspecified atom stereocenters. The lowest BCUT2D eigenvalue weighted by Gasteiger charge is -2.35. The van der Waals surface area contributed by atoms with Crippen molar-refractivity contribution in [2.24, 2.45) is 0 Å². The fraction of sp³-hybridized carbons (Fsp3) is 0.211. The van der Waals surface area contributed by atoms with Crippen LogP contribution in [-0.4, -0.2) is 37.0 Å². The van der Waals surface area contributed by atoms with E-state index in [9.17, 15) is 9.18 Å². The molecule has 1 aromatic heterocycles. The van der Waals surface area contributed by atoms with Gasteiger partial charge in [-0.2, -0.15) is 0 Å². The summed E-state index contributed by atoms with van der Waals surface area (Å²) in [5.74, 6) is 0.0637. The van der Waals surface area contributed by atoms with E-state index in [2.05, 4.69) is 4.90 Å². The summed E-state index contributed by atoms with van der Waals surface area (Å²) in [6, 6.07) is 15.9. The Morgan fingerprint density at radius 2 is 1.67 bits per heavy atom. The summed E-state index contributed by atoms with van der Waals surface area (Å²) < 4.78 is 18.7. The zero-order valence-electron chi connectivity index (χ0n) is 13.1. The molecule has 0 saturated carbocycles. The summed E-state index contributed by atoms with van der Waals surface area (Å²) >= 11 is 0. The Hall–Kier alpha value is -2.82. The van der Waals surface area contributed by atoms with Gasteiger partial charge in [0.1, 0.15) is 11.4 Å². The second-order valence-corrected chi connectivity index (χ2v) is 5.90. The van der Waals surface area contributed by atoms with Crippen molar-refractivity contribution in [3.05, 3.63) is 66.2 Å². The molecule has 2 aromatic carbocycles. The van der Waals surface area contributed by atoms with Crippen LogP contribution in [0, 0.1) is 5.82 Å². The number of furan rings is 1. The largest absolute Gasteiger partial charge is 0.451 e. The minimum Gasteiger partial charge on any atom is -0.451 e. The van der Waals surface area contributed by atoms with Gasteiger partial charge in [0.2, 0.25) is 0 Å². The van der Waals surface area contributed by atoms with Gasteiger partial charge in [-0.3, -0.25) is 4.79 Å². The van der Waals surface area contributed by atoms with Crippen LogP contribution in [0.5, 0.6) is 0 Å². The van der Waals surface area contributed by atoms with Gasteiger partial charge in [0.15, 0.2) is 5.76 Å². The van der Waals surface area contributed by atoms with Crippen LogP contribution >= 0.6 is 0 Å². The first-order valence-electron chi connectivity index (χ1n) is 7.99. The minimum absolute atomic E-state index is 0.0787. The molecule has 1 aliphatic rings. The number of hydrogen-bond acceptors (Lipinski definition) is 3. The normalized spacial score (nSPS) is 15.0. The Bertz CT molecular complexity index is 831. The number of hydrogen-bond donors (Lipinski definition) is 0. The van der Waals surface area contributed by atoms with Crippen molar-refractivity contribution in [1.82, 2.24) is 4.90 Å². The number of para-hydroxylation sites is 1. The fourth-order valence-electron chi connectivity index (χ4n) is 3.06. The molecule has 2 heterocycles. The Labute approximate surface area is 139 Å². The van der Waals surface area contributed by atoms with Crippen molar-refractivity contribution in [2.45, 2.75) is 0 Å². The van der Waals surface area contributed by atoms with Gasteiger partial charge in [-0.1, -0.05) is 18.2 Å². The summed E-state index contributed by atoms with van der Waals surface area (Å²) in [7, 11) is 0. The molecule has 0 spiro atoms. The highest BCUT2D eigenvalue weighted by Crippen LogP contribution is 2.22. The maximum atomic E-state index is 13.0. The third-order valence-corrected chi connectivity index (χ3v) is 4.39. The molecule has 3 aromatic rings. The van der Waals surface area contributed by atoms with Gasteiger partial charge in [-0.25, -0.2) is 4.39 Å². The van der Waals surface area contributed by atoms with Crippen LogP contribution < -0.4 is 4.90 Å². The third kappa shape index (κ3) is 2.73. The van der Waals surface area contributed by atoms with Crippen LogP contribution in [0.15, 0.2) is 59.0 Å². The lowest BCUT2D eigenvalue weighted by atomic mass is 10.2. The van der Waals surface area contributed by atoms with E-state index in [-0.39, 0.29) is 11.7 Å². The number of carbonyl (C=O) groups excluding carboxylic acids is 1. The number of carbonyl (C=O) groups is 1. The number of rotatable bonds is 2. The molecule has 0 N–H and O–H groups in total. The molecule has 5 heteroatoms. The fourth-order valence-corrected chi connectivity index (χ4v) is 3.06. The summed E-state index contributed by atoms with van der Waals surface area (Å²) in [5.41, 5.74) is 1.71. The molecule has 0 atom stereocenters. The Morgan fingerprint density at radius 1 is 0.958 bits per heavy atom. The molecule has 0 radical (unpaired) electrons. The summed E-state index contributed by atoms with van der Waals surface area (Å²) in [5, 5.41) is 0.936. The van der Waals surface area contributed by atoms with Gasteiger partial charge in [-0.05, 0) is 36.4 Å². The van der Waals surface area contributed by atoms with E-state index in [4.69, 9.17) is 4.42 Å². The molecule has 0 bridgehead atoms. The standard InChI is InChI=1S/C19H17FN2O2/c20-15-5-7-16(8-6-15)21-9-11-22(12-10-21)19(23)18-13-14-3-1-2-4-17(14)24-18/h1-8,13H,9-12H2. The van der Waals surface area contributed by atoms with Crippen LogP contribution in [0.4, 0.5) is 10.1 Å². The second-order valence-electron chi connectivity index (χ2n) is 5.90. The summed E-state index contributed by atoms with van der Waals surface area (Å²) in [4.78, 5) is 16.6. The SMILES string of the molecule is O=C(c1cc2ccccc2o1)N1CCN(c2ccc(F)cc2)CC1. The Balaban J connectivity index is 1.45. The lowest BCUT2D eigenvalue weighted by molar-refractivity contribution is 0.0717. The summed E-state index contributed by atoms with van der Waals surface area (Å²) in [6.07, 6.45) is 0. The number of nitrogens with zero attached hydrogens (tertiary/aromatic N) is 2. The third-order valence-electron chi connectivity index (χ3n) is 4.39. The van der Waals surface area contributed by atoms with E-state index in [0.717, 1.165) is 29.7 Å². The Kier molecular flexibility index (Phi) is 3.69. The average molecular weight is 324 g/mol. The molecule has 4 rings (SSSR count). The van der Waals surface area contributed by atoms with Crippen molar-refractivity contribution < 1.29 is 13.6 Å². The molecule has 122 valence electrons. The van der Waals surface area contributed by atoms with Crippen molar-refractivity contribution >= 4 is 22.6 Å². The molecule has 24 heavy (non-hydrogen) atoms. The number of piperazine rings is 1. The molecule has 0 aliphatic carbocycles. The van der Waals surface area contributed by atoms with E-state index in [1.54, 1.807) is 23.1 Å². The second kappa shape index (κ2) is 6.00. The van der Waals surface area contributed by atoms with E-state index < -0.39 is 0 Å². The van der Waals surface area contributed by atoms with Gasteiger partial charge in [-0.15, -0.1) is 0 Å². The van der Waals surface area contributed by atoms with Gasteiger partial charge in [0, 0.05) is 37.3 Å².